The average molecular weight is 649 g/mol. The van der Waals surface area contributed by atoms with Gasteiger partial charge in [0.15, 0.2) is 0 Å². The van der Waals surface area contributed by atoms with Gasteiger partial charge in [-0.15, -0.1) is 0 Å². The number of hydrogen-bond donors (Lipinski definition) is 2. The van der Waals surface area contributed by atoms with Gasteiger partial charge in [-0.2, -0.15) is 0 Å². The van der Waals surface area contributed by atoms with Crippen molar-refractivity contribution in [1.82, 2.24) is 14.9 Å². The normalized spacial score (nSPS) is 14.2. The highest BCUT2D eigenvalue weighted by Gasteiger charge is 2.35. The molecule has 2 amide bonds. The summed E-state index contributed by atoms with van der Waals surface area (Å²) in [7, 11) is 1.56. The number of benzene rings is 3. The summed E-state index contributed by atoms with van der Waals surface area (Å²) in [6.45, 7) is 2.89. The lowest BCUT2D eigenvalue weighted by Crippen LogP contribution is -2.50. The number of H-pyrrole nitrogens is 1. The molecule has 0 saturated carbocycles. The predicted molar refractivity (Wildman–Crippen MR) is 182 cm³/mol. The van der Waals surface area contributed by atoms with E-state index in [4.69, 9.17) is 4.74 Å². The number of pyridine rings is 1. The first-order valence-corrected chi connectivity index (χ1v) is 16.4. The summed E-state index contributed by atoms with van der Waals surface area (Å²) in [5.74, 6) is 0.305. The molecule has 9 nitrogen and oxygen atoms in total. The number of methoxy groups -OCH3 is 1. The zero-order chi connectivity index (χ0) is 32.9. The molecule has 3 aromatic carbocycles. The van der Waals surface area contributed by atoms with E-state index in [0.29, 0.717) is 52.8 Å². The van der Waals surface area contributed by atoms with Crippen LogP contribution in [0.15, 0.2) is 107 Å². The minimum absolute atomic E-state index is 0.0367. The van der Waals surface area contributed by atoms with Gasteiger partial charge < -0.3 is 19.7 Å². The van der Waals surface area contributed by atoms with Crippen LogP contribution in [-0.4, -0.2) is 64.5 Å². The van der Waals surface area contributed by atoms with Crippen molar-refractivity contribution in [3.63, 3.8) is 0 Å². The number of fused-ring (bicyclic) bond motifs is 1. The smallest absolute Gasteiger partial charge is 0.338 e. The molecule has 0 bridgehead atoms. The van der Waals surface area contributed by atoms with Crippen LogP contribution in [-0.2, 0) is 9.59 Å². The Morgan fingerprint density at radius 1 is 1.00 bits per heavy atom. The van der Waals surface area contributed by atoms with Gasteiger partial charge in [-0.1, -0.05) is 72.4 Å². The minimum Gasteiger partial charge on any atom is -0.497 e. The maximum absolute atomic E-state index is 14.0. The van der Waals surface area contributed by atoms with Crippen molar-refractivity contribution < 1.29 is 24.2 Å². The molecule has 0 aliphatic carbocycles. The van der Waals surface area contributed by atoms with Crippen LogP contribution in [0, 0.1) is 5.92 Å². The first-order chi connectivity index (χ1) is 22.9. The second-order valence-electron chi connectivity index (χ2n) is 11.6. The number of nitrogens with zero attached hydrogens (tertiary/aromatic N) is 3. The number of aromatic amines is 1. The number of nitrogens with one attached hydrogen (secondary N) is 1. The van der Waals surface area contributed by atoms with Gasteiger partial charge >= 0.3 is 5.97 Å². The third-order valence-corrected chi connectivity index (χ3v) is 10.1. The summed E-state index contributed by atoms with van der Waals surface area (Å²) in [4.78, 5) is 50.2. The summed E-state index contributed by atoms with van der Waals surface area (Å²) >= 11 is 1.13. The molecule has 3 heterocycles. The molecule has 1 aliphatic heterocycles. The lowest BCUT2D eigenvalue weighted by atomic mass is 9.76. The number of amides is 2. The number of aromatic carboxylic acids is 1. The van der Waals surface area contributed by atoms with Crippen LogP contribution >= 0.6 is 11.8 Å². The zero-order valence-corrected chi connectivity index (χ0v) is 27.0. The van der Waals surface area contributed by atoms with Gasteiger partial charge in [-0.3, -0.25) is 14.5 Å². The molecule has 10 heteroatoms. The van der Waals surface area contributed by atoms with Crippen molar-refractivity contribution in [2.24, 2.45) is 5.92 Å². The van der Waals surface area contributed by atoms with Crippen molar-refractivity contribution in [3.8, 4) is 5.75 Å². The summed E-state index contributed by atoms with van der Waals surface area (Å²) < 4.78 is 5.46. The summed E-state index contributed by atoms with van der Waals surface area (Å²) in [5, 5.41) is 10.8. The van der Waals surface area contributed by atoms with Crippen molar-refractivity contribution in [3.05, 3.63) is 114 Å². The number of ether oxygens (including phenoxy) is 1. The number of carboxylic acids is 1. The van der Waals surface area contributed by atoms with Crippen molar-refractivity contribution in [2.45, 2.75) is 41.6 Å². The van der Waals surface area contributed by atoms with E-state index in [1.54, 1.807) is 26.2 Å². The Hall–Kier alpha value is -5.09. The van der Waals surface area contributed by atoms with Crippen LogP contribution in [0.25, 0.3) is 10.9 Å². The molecule has 1 aliphatic rings. The Balaban J connectivity index is 1.26. The Bertz CT molecular complexity index is 1830. The topological polar surface area (TPSA) is 116 Å². The number of piperidine rings is 1. The standard InChI is InChI=1S/C37H36N4O5S/c1-24(36(43)40-20-17-27(18-21-40)32(25-10-5-3-6-11-25)26-12-7-4-8-13-26)41(23-42)34-33(30-22-28(46-2)15-16-31(30)39-34)47-35-29(37(44)45)14-9-19-38-35/h3-16,19,22-24,27,32,39H,17-18,20-21H2,1-2H3,(H,44,45)/t24-/m1/s1. The van der Waals surface area contributed by atoms with Crippen LogP contribution in [0.3, 0.4) is 0 Å². The number of aromatic nitrogens is 2. The van der Waals surface area contributed by atoms with E-state index in [9.17, 15) is 19.5 Å². The largest absolute Gasteiger partial charge is 0.497 e. The van der Waals surface area contributed by atoms with E-state index >= 15 is 0 Å². The molecule has 0 spiro atoms. The van der Waals surface area contributed by atoms with E-state index in [-0.39, 0.29) is 22.4 Å². The first-order valence-electron chi connectivity index (χ1n) is 15.6. The third kappa shape index (κ3) is 6.59. The summed E-state index contributed by atoms with van der Waals surface area (Å²) in [6, 6.07) is 28.7. The quantitative estimate of drug-likeness (QED) is 0.151. The molecule has 2 N–H and O–H groups in total. The predicted octanol–water partition coefficient (Wildman–Crippen LogP) is 6.84. The second-order valence-corrected chi connectivity index (χ2v) is 12.6. The van der Waals surface area contributed by atoms with Gasteiger partial charge in [0.1, 0.15) is 22.6 Å². The molecule has 1 saturated heterocycles. The fraction of sp³-hybridized carbons (Fsp3) is 0.243. The SMILES string of the molecule is COc1ccc2[nH]c(N(C=O)[C@H](C)C(=O)N3CCC(C(c4ccccc4)c4ccccc4)CC3)c(Sc3ncccc3C(=O)O)c2c1. The van der Waals surface area contributed by atoms with Gasteiger partial charge in [-0.25, -0.2) is 9.78 Å². The first kappa shape index (κ1) is 31.9. The van der Waals surface area contributed by atoms with E-state index < -0.39 is 12.0 Å². The molecule has 0 radical (unpaired) electrons. The fourth-order valence-corrected chi connectivity index (χ4v) is 7.61. The number of hydrogen-bond acceptors (Lipinski definition) is 6. The third-order valence-electron chi connectivity index (χ3n) is 8.93. The van der Waals surface area contributed by atoms with Crippen LogP contribution < -0.4 is 9.64 Å². The molecule has 47 heavy (non-hydrogen) atoms. The molecule has 240 valence electrons. The highest BCUT2D eigenvalue weighted by Crippen LogP contribution is 2.43. The van der Waals surface area contributed by atoms with Crippen molar-refractivity contribution in [1.29, 1.82) is 0 Å². The molecule has 2 aromatic heterocycles. The molecular formula is C37H36N4O5S. The lowest BCUT2D eigenvalue weighted by Gasteiger charge is -2.38. The summed E-state index contributed by atoms with van der Waals surface area (Å²) in [6.07, 6.45) is 3.84. The van der Waals surface area contributed by atoms with Crippen LogP contribution in [0.4, 0.5) is 5.82 Å². The highest BCUT2D eigenvalue weighted by atomic mass is 32.2. The number of carbonyl (C=O) groups is 3. The van der Waals surface area contributed by atoms with Gasteiger partial charge in [0.25, 0.3) is 0 Å². The number of rotatable bonds is 11. The second kappa shape index (κ2) is 14.1. The van der Waals surface area contributed by atoms with E-state index in [1.165, 1.54) is 28.3 Å². The van der Waals surface area contributed by atoms with Crippen LogP contribution in [0.2, 0.25) is 0 Å². The molecule has 1 fully saturated rings. The highest BCUT2D eigenvalue weighted by molar-refractivity contribution is 7.99. The van der Waals surface area contributed by atoms with Crippen molar-refractivity contribution >= 4 is 46.8 Å². The minimum atomic E-state index is -1.11. The Morgan fingerprint density at radius 2 is 1.66 bits per heavy atom. The fourth-order valence-electron chi connectivity index (χ4n) is 6.51. The Morgan fingerprint density at radius 3 is 2.26 bits per heavy atom. The number of likely N-dealkylation sites (tertiary alicyclic amines) is 1. The molecule has 0 unspecified atom stereocenters. The Labute approximate surface area is 277 Å². The monoisotopic (exact) mass is 648 g/mol. The van der Waals surface area contributed by atoms with Gasteiger partial charge in [0, 0.05) is 36.1 Å². The number of carboxylic acid groups (broad SMARTS) is 1. The molecule has 6 rings (SSSR count). The number of carbonyl (C=O) groups excluding carboxylic acids is 2. The van der Waals surface area contributed by atoms with Crippen molar-refractivity contribution in [2.75, 3.05) is 25.1 Å². The van der Waals surface area contributed by atoms with Gasteiger partial charge in [-0.05, 0) is 67.1 Å². The van der Waals surface area contributed by atoms with E-state index in [1.807, 2.05) is 29.2 Å². The zero-order valence-electron chi connectivity index (χ0n) is 26.2. The van der Waals surface area contributed by atoms with Crippen LogP contribution in [0.5, 0.6) is 5.75 Å². The van der Waals surface area contributed by atoms with Gasteiger partial charge in [0.2, 0.25) is 12.3 Å². The van der Waals surface area contributed by atoms with Gasteiger partial charge in [0.05, 0.1) is 17.6 Å². The number of anilines is 1. The van der Waals surface area contributed by atoms with E-state index in [0.717, 1.165) is 24.6 Å². The average Bonchev–Trinajstić information content (AvgIpc) is 3.46. The molecular weight excluding hydrogens is 612 g/mol. The van der Waals surface area contributed by atoms with Crippen LogP contribution in [0.1, 0.15) is 47.2 Å². The maximum atomic E-state index is 14.0. The Kier molecular flexibility index (Phi) is 9.58. The van der Waals surface area contributed by atoms with E-state index in [2.05, 4.69) is 58.5 Å². The lowest BCUT2D eigenvalue weighted by molar-refractivity contribution is -0.134. The maximum Gasteiger partial charge on any atom is 0.338 e. The molecule has 5 aromatic rings. The molecule has 1 atom stereocenters. The summed E-state index contributed by atoms with van der Waals surface area (Å²) in [5.41, 5.74) is 3.28.